The Labute approximate surface area is 120 Å². The smallest absolute Gasteiger partial charge is 0.0814 e. The average Bonchev–Trinajstić information content (AvgIpc) is 2.41. The van der Waals surface area contributed by atoms with Crippen molar-refractivity contribution in [1.29, 1.82) is 0 Å². The molecule has 0 bridgehead atoms. The summed E-state index contributed by atoms with van der Waals surface area (Å²) in [6.45, 7) is 6.75. The molecule has 0 saturated carbocycles. The van der Waals surface area contributed by atoms with Crippen LogP contribution < -0.4 is 0 Å². The van der Waals surface area contributed by atoms with Gasteiger partial charge >= 0.3 is 0 Å². The second kappa shape index (κ2) is 9.01. The average molecular weight is 256 g/mol. The molecule has 0 heterocycles. The molecule has 0 atom stereocenters. The minimum absolute atomic E-state index is 0.623. The lowest BCUT2D eigenvalue weighted by atomic mass is 9.90. The largest absolute Gasteiger partial charge is 0.101 e. The Hall–Kier alpha value is -0.975. The number of hydrogen-bond acceptors (Lipinski definition) is 0. The fourth-order valence-corrected chi connectivity index (χ4v) is 2.37. The van der Waals surface area contributed by atoms with Gasteiger partial charge in [0.1, 0.15) is 7.85 Å². The fraction of sp³-hybridized carbons (Fsp3) is 0.556. The fourth-order valence-electron chi connectivity index (χ4n) is 2.37. The highest BCUT2D eigenvalue weighted by atomic mass is 14.1. The number of allylic oxidation sites excluding steroid dienone is 1. The van der Waals surface area contributed by atoms with Gasteiger partial charge < -0.3 is 0 Å². The minimum atomic E-state index is 0.623. The third-order valence-electron chi connectivity index (χ3n) is 3.55. The van der Waals surface area contributed by atoms with Crippen LogP contribution in [0.1, 0.15) is 56.7 Å². The molecule has 0 N–H and O–H groups in total. The van der Waals surface area contributed by atoms with Crippen LogP contribution in [-0.2, 0) is 12.8 Å². The van der Waals surface area contributed by atoms with Gasteiger partial charge in [-0.25, -0.2) is 0 Å². The zero-order valence-corrected chi connectivity index (χ0v) is 13.2. The molecule has 0 radical (unpaired) electrons. The van der Waals surface area contributed by atoms with Gasteiger partial charge in [0.15, 0.2) is 0 Å². The Morgan fingerprint density at radius 2 is 1.95 bits per heavy atom. The molecule has 0 nitrogen and oxygen atoms in total. The summed E-state index contributed by atoms with van der Waals surface area (Å²) in [6.07, 6.45) is 12.3. The van der Waals surface area contributed by atoms with Gasteiger partial charge in [-0.2, -0.15) is 0 Å². The van der Waals surface area contributed by atoms with Crippen LogP contribution in [0.2, 0.25) is 6.32 Å². The van der Waals surface area contributed by atoms with Crippen LogP contribution in [0.3, 0.4) is 0 Å². The summed E-state index contributed by atoms with van der Waals surface area (Å²) in [6, 6.07) is 6.83. The zero-order valence-electron chi connectivity index (χ0n) is 13.2. The summed E-state index contributed by atoms with van der Waals surface area (Å²) < 4.78 is 0. The van der Waals surface area contributed by atoms with Gasteiger partial charge in [-0.15, -0.1) is 0 Å². The molecule has 0 amide bonds. The van der Waals surface area contributed by atoms with E-state index in [1.54, 1.807) is 11.1 Å². The summed E-state index contributed by atoms with van der Waals surface area (Å²) in [7, 11) is 2.27. The van der Waals surface area contributed by atoms with E-state index in [9.17, 15) is 0 Å². The summed E-state index contributed by atoms with van der Waals surface area (Å²) in [5, 5.41) is 0. The maximum absolute atomic E-state index is 2.33. The van der Waals surface area contributed by atoms with Crippen molar-refractivity contribution in [3.05, 3.63) is 41.0 Å². The Balaban J connectivity index is 2.99. The van der Waals surface area contributed by atoms with E-state index in [-0.39, 0.29) is 0 Å². The molecule has 0 aromatic heterocycles. The lowest BCUT2D eigenvalue weighted by Gasteiger charge is -2.13. The molecular weight excluding hydrogens is 227 g/mol. The molecule has 0 aliphatic heterocycles. The van der Waals surface area contributed by atoms with Crippen LogP contribution >= 0.6 is 0 Å². The first-order chi connectivity index (χ1) is 9.19. The van der Waals surface area contributed by atoms with E-state index in [2.05, 4.69) is 59.0 Å². The molecule has 0 unspecified atom stereocenters. The quantitative estimate of drug-likeness (QED) is 0.592. The lowest BCUT2D eigenvalue weighted by Crippen LogP contribution is -1.98. The van der Waals surface area contributed by atoms with Crippen LogP contribution in [-0.4, -0.2) is 7.85 Å². The van der Waals surface area contributed by atoms with Gasteiger partial charge in [0.2, 0.25) is 0 Å². The van der Waals surface area contributed by atoms with E-state index in [1.165, 1.54) is 44.0 Å². The second-order valence-electron chi connectivity index (χ2n) is 5.80. The Morgan fingerprint density at radius 1 is 1.16 bits per heavy atom. The van der Waals surface area contributed by atoms with Gasteiger partial charge in [0.25, 0.3) is 0 Å². The highest BCUT2D eigenvalue weighted by molar-refractivity contribution is 6.08. The van der Waals surface area contributed by atoms with Crippen LogP contribution in [0.4, 0.5) is 0 Å². The number of unbranched alkanes of at least 4 members (excludes halogenated alkanes) is 1. The molecule has 1 heteroatoms. The van der Waals surface area contributed by atoms with E-state index in [4.69, 9.17) is 0 Å². The van der Waals surface area contributed by atoms with Crippen molar-refractivity contribution >= 4 is 13.9 Å². The standard InChI is InChI=1S/C18H29B/c1-4-5-11-18-16(10-7-14-19)8-6-9-17(18)13-12-15(2)3/h6,8-9,12-13,15H,4-5,7,10-11,14,19H2,1-3H3/b13-12+. The van der Waals surface area contributed by atoms with E-state index in [0.29, 0.717) is 5.92 Å². The van der Waals surface area contributed by atoms with Crippen LogP contribution in [0.15, 0.2) is 24.3 Å². The summed E-state index contributed by atoms with van der Waals surface area (Å²) in [4.78, 5) is 0. The molecule has 19 heavy (non-hydrogen) atoms. The second-order valence-corrected chi connectivity index (χ2v) is 5.80. The number of benzene rings is 1. The van der Waals surface area contributed by atoms with E-state index in [1.807, 2.05) is 0 Å². The van der Waals surface area contributed by atoms with Crippen molar-refractivity contribution < 1.29 is 0 Å². The van der Waals surface area contributed by atoms with Crippen molar-refractivity contribution in [2.75, 3.05) is 0 Å². The van der Waals surface area contributed by atoms with E-state index in [0.717, 1.165) is 0 Å². The molecule has 1 aromatic carbocycles. The third kappa shape index (κ3) is 5.67. The molecule has 1 rings (SSSR count). The van der Waals surface area contributed by atoms with Crippen molar-refractivity contribution in [3.63, 3.8) is 0 Å². The van der Waals surface area contributed by atoms with Crippen LogP contribution in [0.5, 0.6) is 0 Å². The summed E-state index contributed by atoms with van der Waals surface area (Å²) >= 11 is 0. The predicted molar refractivity (Wildman–Crippen MR) is 90.6 cm³/mol. The SMILES string of the molecule is BCCCc1cccc(/C=C/C(C)C)c1CCCC. The summed E-state index contributed by atoms with van der Waals surface area (Å²) in [5.74, 6) is 0.623. The van der Waals surface area contributed by atoms with Gasteiger partial charge in [-0.1, -0.05) is 70.3 Å². The molecule has 104 valence electrons. The van der Waals surface area contributed by atoms with Crippen molar-refractivity contribution in [3.8, 4) is 0 Å². The molecule has 0 spiro atoms. The van der Waals surface area contributed by atoms with Crippen molar-refractivity contribution in [1.82, 2.24) is 0 Å². The summed E-state index contributed by atoms with van der Waals surface area (Å²) in [5.41, 5.74) is 4.60. The van der Waals surface area contributed by atoms with E-state index >= 15 is 0 Å². The van der Waals surface area contributed by atoms with Gasteiger partial charge in [0, 0.05) is 0 Å². The third-order valence-corrected chi connectivity index (χ3v) is 3.55. The molecule has 1 aromatic rings. The monoisotopic (exact) mass is 256 g/mol. The van der Waals surface area contributed by atoms with Crippen molar-refractivity contribution in [2.24, 2.45) is 5.92 Å². The Morgan fingerprint density at radius 3 is 2.58 bits per heavy atom. The predicted octanol–water partition coefficient (Wildman–Crippen LogP) is 4.68. The number of hydrogen-bond donors (Lipinski definition) is 0. The van der Waals surface area contributed by atoms with Crippen LogP contribution in [0, 0.1) is 5.92 Å². The zero-order chi connectivity index (χ0) is 14.1. The normalized spacial score (nSPS) is 11.6. The van der Waals surface area contributed by atoms with Gasteiger partial charge in [0.05, 0.1) is 0 Å². The first kappa shape index (κ1) is 16.1. The van der Waals surface area contributed by atoms with Gasteiger partial charge in [-0.3, -0.25) is 0 Å². The Bertz CT molecular complexity index is 391. The molecule has 0 aliphatic carbocycles. The molecule has 0 aliphatic rings. The number of aryl methyl sites for hydroxylation is 1. The highest BCUT2D eigenvalue weighted by Gasteiger charge is 2.06. The first-order valence-electron chi connectivity index (χ1n) is 7.98. The maximum Gasteiger partial charge on any atom is 0.101 e. The first-order valence-corrected chi connectivity index (χ1v) is 7.98. The van der Waals surface area contributed by atoms with E-state index < -0.39 is 0 Å². The molecule has 0 fully saturated rings. The molecule has 0 saturated heterocycles. The van der Waals surface area contributed by atoms with Crippen molar-refractivity contribution in [2.45, 2.75) is 59.2 Å². The van der Waals surface area contributed by atoms with Crippen LogP contribution in [0.25, 0.3) is 6.08 Å². The Kier molecular flexibility index (Phi) is 7.63. The minimum Gasteiger partial charge on any atom is -0.0814 e. The maximum atomic E-state index is 2.33. The highest BCUT2D eigenvalue weighted by Crippen LogP contribution is 2.21. The number of rotatable bonds is 8. The topological polar surface area (TPSA) is 0 Å². The molecular formula is C18H29B. The lowest BCUT2D eigenvalue weighted by molar-refractivity contribution is 0.778. The van der Waals surface area contributed by atoms with Gasteiger partial charge in [-0.05, 0) is 41.9 Å².